The van der Waals surface area contributed by atoms with Crippen molar-refractivity contribution in [3.63, 3.8) is 0 Å². The second-order valence-corrected chi connectivity index (χ2v) is 6.68. The molecular weight excluding hydrogens is 265 g/mol. The van der Waals surface area contributed by atoms with Crippen molar-refractivity contribution >= 4 is 19.2 Å². The van der Waals surface area contributed by atoms with Gasteiger partial charge in [0.25, 0.3) is 0 Å². The van der Waals surface area contributed by atoms with E-state index in [0.29, 0.717) is 0 Å². The van der Waals surface area contributed by atoms with Crippen LogP contribution in [0.2, 0.25) is 0 Å². The zero-order valence-electron chi connectivity index (χ0n) is 9.89. The van der Waals surface area contributed by atoms with Crippen LogP contribution in [-0.2, 0) is 13.6 Å². The second kappa shape index (κ2) is 7.72. The van der Waals surface area contributed by atoms with E-state index in [2.05, 4.69) is 0 Å². The van der Waals surface area contributed by atoms with E-state index in [-0.39, 0.29) is 25.4 Å². The molecule has 0 saturated heterocycles. The van der Waals surface area contributed by atoms with E-state index in [1.54, 1.807) is 0 Å². The maximum Gasteiger partial charge on any atom is 0.345 e. The molecule has 0 heterocycles. The lowest BCUT2D eigenvalue weighted by atomic mass is 9.98. The van der Waals surface area contributed by atoms with Gasteiger partial charge >= 0.3 is 7.60 Å². The number of aliphatic hydroxyl groups is 1. The fourth-order valence-corrected chi connectivity index (χ4v) is 3.64. The van der Waals surface area contributed by atoms with Crippen molar-refractivity contribution in [2.75, 3.05) is 12.9 Å². The normalized spacial score (nSPS) is 23.2. The Balaban J connectivity index is 2.45. The predicted molar refractivity (Wildman–Crippen MR) is 67.0 cm³/mol. The van der Waals surface area contributed by atoms with Crippen LogP contribution >= 0.6 is 19.2 Å². The van der Waals surface area contributed by atoms with E-state index in [1.165, 1.54) is 6.42 Å². The molecule has 3 N–H and O–H groups in total. The number of hydrogen-bond acceptors (Lipinski definition) is 5. The van der Waals surface area contributed by atoms with Gasteiger partial charge in [-0.05, 0) is 12.8 Å². The Kier molecular flexibility index (Phi) is 7.00. The largest absolute Gasteiger partial charge is 0.396 e. The molecular formula is C10H21ClNO4P. The third-order valence-electron chi connectivity index (χ3n) is 2.72. The fraction of sp³-hybridized carbons (Fsp3) is 1.00. The molecule has 0 aromatic rings. The minimum atomic E-state index is -3.32. The predicted octanol–water partition coefficient (Wildman–Crippen LogP) is 2.41. The summed E-state index contributed by atoms with van der Waals surface area (Å²) in [5, 5.41) is 8.70. The minimum absolute atomic E-state index is 0.0453. The van der Waals surface area contributed by atoms with Crippen LogP contribution in [0.15, 0.2) is 0 Å². The molecule has 0 amide bonds. The Labute approximate surface area is 107 Å². The molecule has 0 aromatic carbocycles. The molecule has 1 aliphatic carbocycles. The van der Waals surface area contributed by atoms with Gasteiger partial charge in [-0.2, -0.15) is 0 Å². The maximum atomic E-state index is 12.2. The summed E-state index contributed by atoms with van der Waals surface area (Å²) in [7, 11) is -3.32. The average molecular weight is 286 g/mol. The summed E-state index contributed by atoms with van der Waals surface area (Å²) in [6.07, 6.45) is 5.11. The number of aliphatic hydroxyl groups excluding tert-OH is 1. The monoisotopic (exact) mass is 285 g/mol. The Morgan fingerprint density at radius 3 is 2.59 bits per heavy atom. The highest BCUT2D eigenvalue weighted by molar-refractivity contribution is 7.53. The third-order valence-corrected chi connectivity index (χ3v) is 4.79. The molecule has 102 valence electrons. The molecule has 2 atom stereocenters. The standard InChI is InChI=1S/C10H21ClNO4P/c11-10(6-7-13)16-17(14,8-12)15-9-4-2-1-3-5-9/h9-10,13H,1-8,12H2. The van der Waals surface area contributed by atoms with E-state index >= 15 is 0 Å². The summed E-state index contributed by atoms with van der Waals surface area (Å²) in [6, 6.07) is 0. The van der Waals surface area contributed by atoms with E-state index in [4.69, 9.17) is 31.5 Å². The first kappa shape index (κ1) is 15.4. The van der Waals surface area contributed by atoms with E-state index in [9.17, 15) is 4.57 Å². The lowest BCUT2D eigenvalue weighted by Gasteiger charge is -2.27. The number of halogens is 1. The molecule has 7 heteroatoms. The van der Waals surface area contributed by atoms with Gasteiger partial charge in [0.15, 0.2) is 0 Å². The zero-order chi connectivity index (χ0) is 12.7. The lowest BCUT2D eigenvalue weighted by molar-refractivity contribution is 0.105. The zero-order valence-corrected chi connectivity index (χ0v) is 11.5. The van der Waals surface area contributed by atoms with E-state index in [1.807, 2.05) is 0 Å². The molecule has 1 rings (SSSR count). The van der Waals surface area contributed by atoms with Gasteiger partial charge < -0.3 is 15.4 Å². The van der Waals surface area contributed by atoms with Gasteiger partial charge in [-0.1, -0.05) is 30.9 Å². The highest BCUT2D eigenvalue weighted by Crippen LogP contribution is 2.51. The smallest absolute Gasteiger partial charge is 0.345 e. The summed E-state index contributed by atoms with van der Waals surface area (Å²) in [6.45, 7) is -0.123. The highest BCUT2D eigenvalue weighted by atomic mass is 35.5. The molecule has 0 aromatic heterocycles. The highest BCUT2D eigenvalue weighted by Gasteiger charge is 2.30. The van der Waals surface area contributed by atoms with Gasteiger partial charge in [0.1, 0.15) is 5.56 Å². The number of rotatable bonds is 7. The third kappa shape index (κ3) is 5.69. The lowest BCUT2D eigenvalue weighted by Crippen LogP contribution is -2.20. The van der Waals surface area contributed by atoms with Gasteiger partial charge in [0, 0.05) is 13.0 Å². The first-order chi connectivity index (χ1) is 8.09. The van der Waals surface area contributed by atoms with Crippen LogP contribution in [0.4, 0.5) is 0 Å². The van der Waals surface area contributed by atoms with Crippen LogP contribution in [0.1, 0.15) is 38.5 Å². The molecule has 1 fully saturated rings. The van der Waals surface area contributed by atoms with Crippen molar-refractivity contribution < 1.29 is 18.7 Å². The van der Waals surface area contributed by atoms with Crippen LogP contribution in [-0.4, -0.2) is 29.7 Å². The molecule has 5 nitrogen and oxygen atoms in total. The number of nitrogens with two attached hydrogens (primary N) is 1. The van der Waals surface area contributed by atoms with Gasteiger partial charge in [0.2, 0.25) is 0 Å². The molecule has 17 heavy (non-hydrogen) atoms. The molecule has 0 bridgehead atoms. The van der Waals surface area contributed by atoms with Crippen LogP contribution in [0.25, 0.3) is 0 Å². The average Bonchev–Trinajstić information content (AvgIpc) is 2.30. The van der Waals surface area contributed by atoms with E-state index < -0.39 is 13.2 Å². The van der Waals surface area contributed by atoms with Crippen LogP contribution in [0, 0.1) is 0 Å². The van der Waals surface area contributed by atoms with Gasteiger partial charge in [-0.25, -0.2) is 0 Å². The van der Waals surface area contributed by atoms with Crippen molar-refractivity contribution in [2.24, 2.45) is 5.73 Å². The van der Waals surface area contributed by atoms with Crippen LogP contribution in [0.5, 0.6) is 0 Å². The topological polar surface area (TPSA) is 81.8 Å². The van der Waals surface area contributed by atoms with E-state index in [0.717, 1.165) is 25.7 Å². The number of alkyl halides is 1. The molecule has 0 spiro atoms. The summed E-state index contributed by atoms with van der Waals surface area (Å²) < 4.78 is 22.8. The number of hydrogen-bond donors (Lipinski definition) is 2. The Morgan fingerprint density at radius 1 is 1.41 bits per heavy atom. The Bertz CT molecular complexity index is 261. The van der Waals surface area contributed by atoms with Gasteiger partial charge in [-0.3, -0.25) is 9.09 Å². The SMILES string of the molecule is NCP(=O)(OC(Cl)CCO)OC1CCCCC1. The molecule has 2 unspecified atom stereocenters. The fourth-order valence-electron chi connectivity index (χ4n) is 1.84. The van der Waals surface area contributed by atoms with Crippen molar-refractivity contribution in [3.8, 4) is 0 Å². The quantitative estimate of drug-likeness (QED) is 0.554. The molecule has 1 saturated carbocycles. The first-order valence-corrected chi connectivity index (χ1v) is 8.17. The maximum absolute atomic E-state index is 12.2. The van der Waals surface area contributed by atoms with Crippen molar-refractivity contribution in [1.29, 1.82) is 0 Å². The van der Waals surface area contributed by atoms with Gasteiger partial charge in [-0.15, -0.1) is 0 Å². The summed E-state index contributed by atoms with van der Waals surface area (Å²) in [4.78, 5) is 0. The molecule has 0 radical (unpaired) electrons. The van der Waals surface area contributed by atoms with Gasteiger partial charge in [0.05, 0.1) is 12.4 Å². The molecule has 1 aliphatic rings. The Hall–Kier alpha value is 0.360. The van der Waals surface area contributed by atoms with Crippen molar-refractivity contribution in [3.05, 3.63) is 0 Å². The van der Waals surface area contributed by atoms with Crippen molar-refractivity contribution in [2.45, 2.75) is 50.2 Å². The summed E-state index contributed by atoms with van der Waals surface area (Å²) in [5.74, 6) is 0. The summed E-state index contributed by atoms with van der Waals surface area (Å²) in [5.41, 5.74) is 4.61. The molecule has 0 aliphatic heterocycles. The second-order valence-electron chi connectivity index (χ2n) is 4.19. The summed E-state index contributed by atoms with van der Waals surface area (Å²) >= 11 is 5.77. The first-order valence-electron chi connectivity index (χ1n) is 6.00. The van der Waals surface area contributed by atoms with Crippen molar-refractivity contribution in [1.82, 2.24) is 0 Å². The minimum Gasteiger partial charge on any atom is -0.396 e. The van der Waals surface area contributed by atoms with Crippen LogP contribution < -0.4 is 5.73 Å². The van der Waals surface area contributed by atoms with Crippen LogP contribution in [0.3, 0.4) is 0 Å². The Morgan fingerprint density at radius 2 is 2.06 bits per heavy atom.